The number of aromatic nitrogens is 1. The highest BCUT2D eigenvalue weighted by Crippen LogP contribution is 2.22. The fraction of sp³-hybridized carbons (Fsp3) is 0.300. The number of carbonyl (C=O) groups excluding carboxylic acids is 1. The molecule has 1 aromatic heterocycles. The molecule has 4 nitrogen and oxygen atoms in total. The van der Waals surface area contributed by atoms with Crippen LogP contribution in [0.2, 0.25) is 0 Å². The van der Waals surface area contributed by atoms with Gasteiger partial charge in [0.2, 0.25) is 5.88 Å². The van der Waals surface area contributed by atoms with Gasteiger partial charge >= 0.3 is 5.97 Å². The molecule has 0 radical (unpaired) electrons. The van der Waals surface area contributed by atoms with E-state index in [1.54, 1.807) is 24.3 Å². The van der Waals surface area contributed by atoms with Crippen molar-refractivity contribution in [2.24, 2.45) is 11.8 Å². The van der Waals surface area contributed by atoms with E-state index in [1.807, 2.05) is 13.8 Å². The zero-order valence-electron chi connectivity index (χ0n) is 15.0. The van der Waals surface area contributed by atoms with Gasteiger partial charge in [-0.25, -0.2) is 9.37 Å². The van der Waals surface area contributed by atoms with Crippen molar-refractivity contribution in [3.63, 3.8) is 0 Å². The van der Waals surface area contributed by atoms with Crippen LogP contribution in [0.5, 0.6) is 11.6 Å². The van der Waals surface area contributed by atoms with Crippen LogP contribution >= 0.6 is 23.2 Å². The lowest BCUT2D eigenvalue weighted by Gasteiger charge is -2.17. The Labute approximate surface area is 167 Å². The predicted octanol–water partition coefficient (Wildman–Crippen LogP) is 6.04. The third-order valence-electron chi connectivity index (χ3n) is 3.81. The number of halogens is 3. The van der Waals surface area contributed by atoms with E-state index in [1.165, 1.54) is 24.3 Å². The molecule has 0 fully saturated rings. The molecule has 144 valence electrons. The van der Waals surface area contributed by atoms with Gasteiger partial charge in [-0.3, -0.25) is 4.79 Å². The Morgan fingerprint density at radius 2 is 1.89 bits per heavy atom. The number of benzene rings is 1. The first-order valence-electron chi connectivity index (χ1n) is 8.42. The molecule has 0 aliphatic rings. The Hall–Kier alpha value is -2.11. The number of esters is 1. The predicted molar refractivity (Wildman–Crippen MR) is 103 cm³/mol. The second-order valence-electron chi connectivity index (χ2n) is 6.21. The molecule has 0 bridgehead atoms. The Morgan fingerprint density at radius 3 is 2.52 bits per heavy atom. The van der Waals surface area contributed by atoms with E-state index < -0.39 is 0 Å². The second kappa shape index (κ2) is 10.3. The van der Waals surface area contributed by atoms with Crippen molar-refractivity contribution in [2.45, 2.75) is 26.9 Å². The Balaban J connectivity index is 1.97. The maximum atomic E-state index is 12.9. The topological polar surface area (TPSA) is 48.4 Å². The molecule has 1 unspecified atom stereocenters. The van der Waals surface area contributed by atoms with E-state index in [4.69, 9.17) is 32.7 Å². The molecule has 0 N–H and O–H groups in total. The maximum absolute atomic E-state index is 12.9. The molecule has 0 saturated carbocycles. The second-order valence-corrected chi connectivity index (χ2v) is 7.22. The molecule has 1 atom stereocenters. The van der Waals surface area contributed by atoms with Crippen molar-refractivity contribution in [1.82, 2.24) is 4.98 Å². The lowest BCUT2D eigenvalue weighted by Crippen LogP contribution is -2.22. The molecule has 1 aromatic carbocycles. The number of carbonyl (C=O) groups is 1. The van der Waals surface area contributed by atoms with Crippen LogP contribution in [0.25, 0.3) is 0 Å². The molecular formula is C20H20Cl2FNO3. The van der Waals surface area contributed by atoms with Crippen LogP contribution in [0, 0.1) is 17.7 Å². The average molecular weight is 412 g/mol. The molecule has 7 heteroatoms. The summed E-state index contributed by atoms with van der Waals surface area (Å²) in [6.07, 6.45) is 1.99. The van der Waals surface area contributed by atoms with Crippen LogP contribution in [0.15, 0.2) is 53.0 Å². The van der Waals surface area contributed by atoms with Gasteiger partial charge in [0.05, 0.1) is 11.6 Å². The summed E-state index contributed by atoms with van der Waals surface area (Å²) in [5.74, 6) is -0.183. The van der Waals surface area contributed by atoms with Gasteiger partial charge in [0.1, 0.15) is 22.7 Å². The van der Waals surface area contributed by atoms with E-state index in [2.05, 4.69) is 4.98 Å². The Bertz CT molecular complexity index is 790. The number of nitrogens with zero attached hydrogens (tertiary/aromatic N) is 1. The zero-order chi connectivity index (χ0) is 19.8. The van der Waals surface area contributed by atoms with Gasteiger partial charge in [-0.15, -0.1) is 0 Å². The molecule has 27 heavy (non-hydrogen) atoms. The number of allylic oxidation sites excluding steroid dienone is 1. The van der Waals surface area contributed by atoms with Gasteiger partial charge in [-0.05, 0) is 42.7 Å². The van der Waals surface area contributed by atoms with Crippen LogP contribution in [0.3, 0.4) is 0 Å². The molecule has 2 aromatic rings. The lowest BCUT2D eigenvalue weighted by atomic mass is 9.93. The van der Waals surface area contributed by atoms with Gasteiger partial charge in [0.25, 0.3) is 0 Å². The monoisotopic (exact) mass is 411 g/mol. The van der Waals surface area contributed by atoms with Crippen molar-refractivity contribution in [1.29, 1.82) is 0 Å². The summed E-state index contributed by atoms with van der Waals surface area (Å²) in [5.41, 5.74) is 0.538. The highest BCUT2D eigenvalue weighted by molar-refractivity contribution is 6.55. The highest BCUT2D eigenvalue weighted by Gasteiger charge is 2.23. The summed E-state index contributed by atoms with van der Waals surface area (Å²) < 4.78 is 24.0. The van der Waals surface area contributed by atoms with Gasteiger partial charge in [0, 0.05) is 6.07 Å². The van der Waals surface area contributed by atoms with Crippen LogP contribution in [0.1, 0.15) is 26.0 Å². The van der Waals surface area contributed by atoms with Crippen molar-refractivity contribution < 1.29 is 18.7 Å². The summed E-state index contributed by atoms with van der Waals surface area (Å²) in [7, 11) is 0. The van der Waals surface area contributed by atoms with Crippen molar-refractivity contribution in [3.8, 4) is 11.6 Å². The fourth-order valence-electron chi connectivity index (χ4n) is 2.33. The quantitative estimate of drug-likeness (QED) is 0.496. The zero-order valence-corrected chi connectivity index (χ0v) is 16.5. The summed E-state index contributed by atoms with van der Waals surface area (Å²) in [5, 5.41) is 0. The molecule has 0 saturated heterocycles. The Morgan fingerprint density at radius 1 is 1.19 bits per heavy atom. The summed E-state index contributed by atoms with van der Waals surface area (Å²) >= 11 is 11.3. The third kappa shape index (κ3) is 7.19. The molecule has 2 rings (SSSR count). The summed E-state index contributed by atoms with van der Waals surface area (Å²) in [4.78, 5) is 16.6. The van der Waals surface area contributed by atoms with Crippen LogP contribution in [-0.4, -0.2) is 11.0 Å². The van der Waals surface area contributed by atoms with Gasteiger partial charge < -0.3 is 9.47 Å². The van der Waals surface area contributed by atoms with Crippen LogP contribution < -0.4 is 4.74 Å². The first-order valence-corrected chi connectivity index (χ1v) is 9.18. The molecule has 1 heterocycles. The first kappa shape index (κ1) is 21.2. The molecular weight excluding hydrogens is 392 g/mol. The molecule has 0 aliphatic carbocycles. The number of ether oxygens (including phenoxy) is 2. The minimum absolute atomic E-state index is 0.0149. The van der Waals surface area contributed by atoms with E-state index in [0.717, 1.165) is 0 Å². The van der Waals surface area contributed by atoms with Gasteiger partial charge in [-0.2, -0.15) is 0 Å². The van der Waals surface area contributed by atoms with Crippen LogP contribution in [0.4, 0.5) is 4.39 Å². The maximum Gasteiger partial charge on any atom is 0.309 e. The van der Waals surface area contributed by atoms with E-state index in [-0.39, 0.29) is 34.7 Å². The SMILES string of the molecule is CC(C)C(CC=C(Cl)Cl)C(=O)OCc1cccc(Oc2ccc(F)cc2)n1. The standard InChI is InChI=1S/C20H20Cl2FNO3/c1-13(2)17(10-11-18(21)22)20(25)26-12-15-4-3-5-19(24-15)27-16-8-6-14(23)7-9-16/h3-9,11,13,17H,10,12H2,1-2H3. The normalized spacial score (nSPS) is 11.8. The number of pyridine rings is 1. The average Bonchev–Trinajstić information content (AvgIpc) is 2.62. The number of hydrogen-bond acceptors (Lipinski definition) is 4. The largest absolute Gasteiger partial charge is 0.459 e. The van der Waals surface area contributed by atoms with Crippen LogP contribution in [-0.2, 0) is 16.1 Å². The Kier molecular flexibility index (Phi) is 8.07. The van der Waals surface area contributed by atoms with E-state index in [9.17, 15) is 9.18 Å². The minimum atomic E-state index is -0.351. The number of hydrogen-bond donors (Lipinski definition) is 0. The lowest BCUT2D eigenvalue weighted by molar-refractivity contribution is -0.151. The van der Waals surface area contributed by atoms with Gasteiger partial charge in [-0.1, -0.05) is 49.2 Å². The van der Waals surface area contributed by atoms with Crippen molar-refractivity contribution in [3.05, 3.63) is 64.5 Å². The highest BCUT2D eigenvalue weighted by atomic mass is 35.5. The van der Waals surface area contributed by atoms with Crippen molar-refractivity contribution >= 4 is 29.2 Å². The molecule has 0 aliphatic heterocycles. The van der Waals surface area contributed by atoms with Crippen molar-refractivity contribution in [2.75, 3.05) is 0 Å². The third-order valence-corrected chi connectivity index (χ3v) is 4.12. The smallest absolute Gasteiger partial charge is 0.309 e. The van der Waals surface area contributed by atoms with Gasteiger partial charge in [0.15, 0.2) is 0 Å². The molecule has 0 amide bonds. The van der Waals surface area contributed by atoms with E-state index >= 15 is 0 Å². The summed E-state index contributed by atoms with van der Waals surface area (Å²) in [6.45, 7) is 3.87. The fourth-order valence-corrected chi connectivity index (χ4v) is 2.51. The molecule has 0 spiro atoms. The van der Waals surface area contributed by atoms with E-state index in [0.29, 0.717) is 23.7 Å². The minimum Gasteiger partial charge on any atom is -0.459 e. The summed E-state index contributed by atoms with van der Waals surface area (Å²) in [6, 6.07) is 10.7. The number of rotatable bonds is 8. The first-order chi connectivity index (χ1) is 12.8.